The first-order chi connectivity index (χ1) is 11.0. The van der Waals surface area contributed by atoms with Crippen molar-refractivity contribution in [3.63, 3.8) is 0 Å². The highest BCUT2D eigenvalue weighted by atomic mass is 16.6. The molecule has 2 rings (SSSR count). The third kappa shape index (κ3) is 4.29. The molecule has 0 aliphatic carbocycles. The standard InChI is InChI=1S/C17H18N2O4/c1-12(10-13-6-4-3-5-7-13)18-17(20)14-8-9-16(23-2)15(11-14)19(21)22/h3-9,11-12H,10H2,1-2H3,(H,18,20)/t12-/m0/s1. The first kappa shape index (κ1) is 16.5. The van der Waals surface area contributed by atoms with Crippen molar-refractivity contribution in [2.75, 3.05) is 7.11 Å². The number of hydrogen-bond acceptors (Lipinski definition) is 4. The van der Waals surface area contributed by atoms with Crippen LogP contribution in [0.1, 0.15) is 22.8 Å². The van der Waals surface area contributed by atoms with Crippen LogP contribution in [-0.4, -0.2) is 24.0 Å². The summed E-state index contributed by atoms with van der Waals surface area (Å²) >= 11 is 0. The minimum Gasteiger partial charge on any atom is -0.490 e. The van der Waals surface area contributed by atoms with Gasteiger partial charge in [0.1, 0.15) is 0 Å². The van der Waals surface area contributed by atoms with E-state index in [9.17, 15) is 14.9 Å². The number of carbonyl (C=O) groups is 1. The summed E-state index contributed by atoms with van der Waals surface area (Å²) in [4.78, 5) is 22.7. The van der Waals surface area contributed by atoms with Gasteiger partial charge in [-0.15, -0.1) is 0 Å². The molecule has 0 spiro atoms. The minimum absolute atomic E-state index is 0.0916. The van der Waals surface area contributed by atoms with Crippen LogP contribution in [0.25, 0.3) is 0 Å². The molecule has 6 nitrogen and oxygen atoms in total. The molecule has 0 saturated heterocycles. The van der Waals surface area contributed by atoms with Gasteiger partial charge >= 0.3 is 5.69 Å². The SMILES string of the molecule is COc1ccc(C(=O)N[C@@H](C)Cc2ccccc2)cc1[N+](=O)[O-]. The zero-order valence-electron chi connectivity index (χ0n) is 13.0. The maximum Gasteiger partial charge on any atom is 0.311 e. The molecule has 0 unspecified atom stereocenters. The lowest BCUT2D eigenvalue weighted by Gasteiger charge is -2.14. The Kier molecular flexibility index (Phi) is 5.30. The van der Waals surface area contributed by atoms with Crippen molar-refractivity contribution in [2.45, 2.75) is 19.4 Å². The largest absolute Gasteiger partial charge is 0.490 e. The second-order valence-electron chi connectivity index (χ2n) is 5.21. The Bertz CT molecular complexity index is 701. The molecule has 0 radical (unpaired) electrons. The van der Waals surface area contributed by atoms with E-state index < -0.39 is 4.92 Å². The zero-order chi connectivity index (χ0) is 16.8. The van der Waals surface area contributed by atoms with E-state index in [-0.39, 0.29) is 28.9 Å². The van der Waals surface area contributed by atoms with Crippen molar-refractivity contribution in [2.24, 2.45) is 0 Å². The van der Waals surface area contributed by atoms with Crippen LogP contribution in [0.2, 0.25) is 0 Å². The molecule has 120 valence electrons. The number of carbonyl (C=O) groups excluding carboxylic acids is 1. The highest BCUT2D eigenvalue weighted by molar-refractivity contribution is 5.95. The first-order valence-electron chi connectivity index (χ1n) is 7.18. The summed E-state index contributed by atoms with van der Waals surface area (Å²) in [6.45, 7) is 1.89. The smallest absolute Gasteiger partial charge is 0.311 e. The maximum absolute atomic E-state index is 12.2. The van der Waals surface area contributed by atoms with Gasteiger partial charge in [0.2, 0.25) is 0 Å². The van der Waals surface area contributed by atoms with Gasteiger partial charge in [0.15, 0.2) is 5.75 Å². The van der Waals surface area contributed by atoms with Crippen molar-refractivity contribution < 1.29 is 14.5 Å². The van der Waals surface area contributed by atoms with Crippen LogP contribution in [-0.2, 0) is 6.42 Å². The summed E-state index contributed by atoms with van der Waals surface area (Å²) in [6, 6.07) is 13.9. The van der Waals surface area contributed by atoms with Gasteiger partial charge in [0.25, 0.3) is 5.91 Å². The summed E-state index contributed by atoms with van der Waals surface area (Å²) < 4.78 is 4.93. The molecule has 6 heteroatoms. The topological polar surface area (TPSA) is 81.5 Å². The molecule has 1 atom stereocenters. The monoisotopic (exact) mass is 314 g/mol. The van der Waals surface area contributed by atoms with E-state index in [1.165, 1.54) is 25.3 Å². The number of nitro groups is 1. The fraction of sp³-hybridized carbons (Fsp3) is 0.235. The summed E-state index contributed by atoms with van der Waals surface area (Å²) in [5.41, 5.74) is 1.12. The number of benzene rings is 2. The highest BCUT2D eigenvalue weighted by Gasteiger charge is 2.19. The fourth-order valence-electron chi connectivity index (χ4n) is 2.30. The lowest BCUT2D eigenvalue weighted by atomic mass is 10.1. The van der Waals surface area contributed by atoms with Crippen LogP contribution < -0.4 is 10.1 Å². The molecule has 0 saturated carbocycles. The Labute approximate surface area is 134 Å². The molecule has 0 heterocycles. The number of hydrogen-bond donors (Lipinski definition) is 1. The lowest BCUT2D eigenvalue weighted by molar-refractivity contribution is -0.385. The molecular weight excluding hydrogens is 296 g/mol. The van der Waals surface area contributed by atoms with Gasteiger partial charge in [0.05, 0.1) is 12.0 Å². The number of nitrogens with zero attached hydrogens (tertiary/aromatic N) is 1. The van der Waals surface area contributed by atoms with E-state index in [0.29, 0.717) is 6.42 Å². The zero-order valence-corrected chi connectivity index (χ0v) is 13.0. The van der Waals surface area contributed by atoms with Crippen molar-refractivity contribution in [1.82, 2.24) is 5.32 Å². The highest BCUT2D eigenvalue weighted by Crippen LogP contribution is 2.27. The van der Waals surface area contributed by atoms with Crippen LogP contribution in [0, 0.1) is 10.1 Å². The number of amides is 1. The summed E-state index contributed by atoms with van der Waals surface area (Å²) in [6.07, 6.45) is 0.685. The van der Waals surface area contributed by atoms with Crippen LogP contribution in [0.3, 0.4) is 0 Å². The number of rotatable bonds is 6. The molecule has 1 amide bonds. The third-order valence-corrected chi connectivity index (χ3v) is 3.40. The number of methoxy groups -OCH3 is 1. The summed E-state index contributed by atoms with van der Waals surface area (Å²) in [5, 5.41) is 13.9. The van der Waals surface area contributed by atoms with E-state index in [4.69, 9.17) is 4.74 Å². The second kappa shape index (κ2) is 7.40. The molecule has 23 heavy (non-hydrogen) atoms. The predicted molar refractivity (Wildman–Crippen MR) is 86.7 cm³/mol. The van der Waals surface area contributed by atoms with Crippen LogP contribution in [0.15, 0.2) is 48.5 Å². The lowest BCUT2D eigenvalue weighted by Crippen LogP contribution is -2.34. The normalized spacial score (nSPS) is 11.6. The van der Waals surface area contributed by atoms with Crippen molar-refractivity contribution in [3.8, 4) is 5.75 Å². The van der Waals surface area contributed by atoms with Gasteiger partial charge in [-0.1, -0.05) is 30.3 Å². The Morgan fingerprint density at radius 1 is 1.26 bits per heavy atom. The van der Waals surface area contributed by atoms with E-state index in [1.807, 2.05) is 37.3 Å². The first-order valence-corrected chi connectivity index (χ1v) is 7.18. The van der Waals surface area contributed by atoms with Gasteiger partial charge in [-0.2, -0.15) is 0 Å². The maximum atomic E-state index is 12.2. The average molecular weight is 314 g/mol. The van der Waals surface area contributed by atoms with Gasteiger partial charge in [-0.25, -0.2) is 0 Å². The Morgan fingerprint density at radius 3 is 2.57 bits per heavy atom. The fourth-order valence-corrected chi connectivity index (χ4v) is 2.30. The molecule has 2 aromatic carbocycles. The second-order valence-corrected chi connectivity index (χ2v) is 5.21. The van der Waals surface area contributed by atoms with Crippen LogP contribution in [0.5, 0.6) is 5.75 Å². The van der Waals surface area contributed by atoms with Crippen molar-refractivity contribution in [3.05, 3.63) is 69.8 Å². The van der Waals surface area contributed by atoms with Gasteiger partial charge < -0.3 is 10.1 Å². The van der Waals surface area contributed by atoms with Gasteiger partial charge in [-0.05, 0) is 31.0 Å². The molecule has 1 N–H and O–H groups in total. The quantitative estimate of drug-likeness (QED) is 0.656. The number of ether oxygens (including phenoxy) is 1. The Balaban J connectivity index is 2.08. The molecular formula is C17H18N2O4. The number of nitrogens with one attached hydrogen (secondary N) is 1. The molecule has 0 aliphatic rings. The minimum atomic E-state index is -0.566. The van der Waals surface area contributed by atoms with Crippen molar-refractivity contribution >= 4 is 11.6 Å². The van der Waals surface area contributed by atoms with E-state index in [2.05, 4.69) is 5.32 Å². The van der Waals surface area contributed by atoms with Gasteiger partial charge in [0, 0.05) is 17.7 Å². The van der Waals surface area contributed by atoms with Crippen LogP contribution in [0.4, 0.5) is 5.69 Å². The Morgan fingerprint density at radius 2 is 1.96 bits per heavy atom. The third-order valence-electron chi connectivity index (χ3n) is 3.40. The van der Waals surface area contributed by atoms with E-state index >= 15 is 0 Å². The molecule has 2 aromatic rings. The van der Waals surface area contributed by atoms with Crippen LogP contribution >= 0.6 is 0 Å². The summed E-state index contributed by atoms with van der Waals surface area (Å²) in [5.74, 6) is -0.219. The Hall–Kier alpha value is -2.89. The molecule has 0 fully saturated rings. The number of nitro benzene ring substituents is 1. The molecule has 0 aliphatic heterocycles. The molecule has 0 bridgehead atoms. The van der Waals surface area contributed by atoms with E-state index in [1.54, 1.807) is 0 Å². The average Bonchev–Trinajstić information content (AvgIpc) is 2.54. The van der Waals surface area contributed by atoms with Crippen molar-refractivity contribution in [1.29, 1.82) is 0 Å². The predicted octanol–water partition coefficient (Wildman–Crippen LogP) is 2.96. The molecule has 0 aromatic heterocycles. The van der Waals surface area contributed by atoms with Gasteiger partial charge in [-0.3, -0.25) is 14.9 Å². The van der Waals surface area contributed by atoms with E-state index in [0.717, 1.165) is 5.56 Å². The summed E-state index contributed by atoms with van der Waals surface area (Å²) in [7, 11) is 1.35.